The molecule has 0 spiro atoms. The van der Waals surface area contributed by atoms with Gasteiger partial charge in [-0.15, -0.1) is 11.6 Å². The number of ether oxygens (including phenoxy) is 1. The predicted molar refractivity (Wildman–Crippen MR) is 77.1 cm³/mol. The molecule has 0 amide bonds. The van der Waals surface area contributed by atoms with Crippen LogP contribution in [0.25, 0.3) is 0 Å². The van der Waals surface area contributed by atoms with Crippen molar-refractivity contribution in [3.05, 3.63) is 28.7 Å². The molecular weight excluding hydrogens is 302 g/mol. The first kappa shape index (κ1) is 14.8. The maximum absolute atomic E-state index is 5.60. The highest BCUT2D eigenvalue weighted by molar-refractivity contribution is 9.10. The van der Waals surface area contributed by atoms with Gasteiger partial charge in [0.25, 0.3) is 0 Å². The summed E-state index contributed by atoms with van der Waals surface area (Å²) >= 11 is 8.99. The Labute approximate surface area is 117 Å². The third-order valence-electron chi connectivity index (χ3n) is 2.35. The minimum Gasteiger partial charge on any atom is -0.492 e. The summed E-state index contributed by atoms with van der Waals surface area (Å²) in [5, 5.41) is 3.35. The molecular formula is C13H19BrClNO. The van der Waals surface area contributed by atoms with Gasteiger partial charge in [0.15, 0.2) is 0 Å². The third-order valence-corrected chi connectivity index (χ3v) is 3.14. The van der Waals surface area contributed by atoms with E-state index >= 15 is 0 Å². The molecule has 0 bridgehead atoms. The van der Waals surface area contributed by atoms with E-state index in [1.54, 1.807) is 0 Å². The Hall–Kier alpha value is -0.250. The quantitative estimate of drug-likeness (QED) is 0.551. The van der Waals surface area contributed by atoms with Gasteiger partial charge in [0.2, 0.25) is 0 Å². The molecule has 96 valence electrons. The van der Waals surface area contributed by atoms with Gasteiger partial charge in [0.1, 0.15) is 12.4 Å². The van der Waals surface area contributed by atoms with Gasteiger partial charge in [-0.3, -0.25) is 0 Å². The van der Waals surface area contributed by atoms with Gasteiger partial charge in [0.05, 0.1) is 0 Å². The van der Waals surface area contributed by atoms with E-state index in [2.05, 4.69) is 21.2 Å². The number of nitrogens with one attached hydrogen (secondary N) is 1. The number of halogens is 2. The number of rotatable bonds is 9. The van der Waals surface area contributed by atoms with Gasteiger partial charge in [-0.25, -0.2) is 0 Å². The topological polar surface area (TPSA) is 21.3 Å². The van der Waals surface area contributed by atoms with Gasteiger partial charge >= 0.3 is 0 Å². The Kier molecular flexibility index (Phi) is 8.49. The molecule has 1 aromatic rings. The zero-order valence-corrected chi connectivity index (χ0v) is 12.3. The molecule has 2 nitrogen and oxygen atoms in total. The molecule has 0 unspecified atom stereocenters. The molecule has 0 saturated heterocycles. The van der Waals surface area contributed by atoms with Crippen LogP contribution in [0.2, 0.25) is 0 Å². The molecule has 0 aromatic heterocycles. The van der Waals surface area contributed by atoms with Crippen LogP contribution in [-0.4, -0.2) is 25.6 Å². The van der Waals surface area contributed by atoms with Crippen molar-refractivity contribution in [3.8, 4) is 5.75 Å². The highest BCUT2D eigenvalue weighted by Crippen LogP contribution is 2.15. The summed E-state index contributed by atoms with van der Waals surface area (Å²) < 4.78 is 6.66. The van der Waals surface area contributed by atoms with Gasteiger partial charge in [-0.1, -0.05) is 22.4 Å². The molecule has 1 rings (SSSR count). The Morgan fingerprint density at radius 2 is 1.82 bits per heavy atom. The lowest BCUT2D eigenvalue weighted by Gasteiger charge is -2.07. The van der Waals surface area contributed by atoms with E-state index in [0.29, 0.717) is 6.61 Å². The molecule has 1 N–H and O–H groups in total. The van der Waals surface area contributed by atoms with Crippen LogP contribution in [0.5, 0.6) is 5.75 Å². The molecule has 0 heterocycles. The maximum atomic E-state index is 5.60. The third kappa shape index (κ3) is 7.63. The fourth-order valence-electron chi connectivity index (χ4n) is 1.42. The highest BCUT2D eigenvalue weighted by atomic mass is 79.9. The smallest absolute Gasteiger partial charge is 0.119 e. The lowest BCUT2D eigenvalue weighted by molar-refractivity contribution is 0.313. The van der Waals surface area contributed by atoms with Gasteiger partial charge in [0, 0.05) is 16.9 Å². The highest BCUT2D eigenvalue weighted by Gasteiger charge is 1.93. The van der Waals surface area contributed by atoms with Crippen LogP contribution in [-0.2, 0) is 0 Å². The maximum Gasteiger partial charge on any atom is 0.119 e. The number of unbranched alkanes of at least 4 members (excludes halogenated alkanes) is 2. The number of hydrogen-bond donors (Lipinski definition) is 1. The van der Waals surface area contributed by atoms with E-state index in [4.69, 9.17) is 16.3 Å². The van der Waals surface area contributed by atoms with Crippen molar-refractivity contribution < 1.29 is 4.74 Å². The molecule has 0 aliphatic carbocycles. The van der Waals surface area contributed by atoms with Crippen LogP contribution < -0.4 is 10.1 Å². The Morgan fingerprint density at radius 1 is 1.06 bits per heavy atom. The monoisotopic (exact) mass is 319 g/mol. The lowest BCUT2D eigenvalue weighted by atomic mass is 10.2. The second-order valence-electron chi connectivity index (χ2n) is 3.80. The lowest BCUT2D eigenvalue weighted by Crippen LogP contribution is -2.22. The fourth-order valence-corrected chi connectivity index (χ4v) is 1.87. The molecule has 0 atom stereocenters. The SMILES string of the molecule is ClCCCCCNCCOc1ccc(Br)cc1. The summed E-state index contributed by atoms with van der Waals surface area (Å²) in [4.78, 5) is 0. The molecule has 0 radical (unpaired) electrons. The molecule has 0 saturated carbocycles. The van der Waals surface area contributed by atoms with Crippen molar-refractivity contribution >= 4 is 27.5 Å². The van der Waals surface area contributed by atoms with E-state index < -0.39 is 0 Å². The minimum absolute atomic E-state index is 0.705. The normalized spacial score (nSPS) is 10.5. The Balaban J connectivity index is 1.95. The largest absolute Gasteiger partial charge is 0.492 e. The van der Waals surface area contributed by atoms with Crippen molar-refractivity contribution in [1.29, 1.82) is 0 Å². The molecule has 4 heteroatoms. The van der Waals surface area contributed by atoms with E-state index in [0.717, 1.165) is 35.6 Å². The summed E-state index contributed by atoms with van der Waals surface area (Å²) in [6, 6.07) is 7.89. The average molecular weight is 321 g/mol. The van der Waals surface area contributed by atoms with Gasteiger partial charge < -0.3 is 10.1 Å². The zero-order valence-electron chi connectivity index (χ0n) is 9.92. The van der Waals surface area contributed by atoms with E-state index in [1.165, 1.54) is 12.8 Å². The van der Waals surface area contributed by atoms with Gasteiger partial charge in [-0.2, -0.15) is 0 Å². The fraction of sp³-hybridized carbons (Fsp3) is 0.538. The summed E-state index contributed by atoms with van der Waals surface area (Å²) in [6.45, 7) is 2.63. The molecule has 17 heavy (non-hydrogen) atoms. The number of benzene rings is 1. The second-order valence-corrected chi connectivity index (χ2v) is 5.10. The summed E-state index contributed by atoms with van der Waals surface area (Å²) in [6.07, 6.45) is 3.49. The summed E-state index contributed by atoms with van der Waals surface area (Å²) in [5.74, 6) is 1.68. The Morgan fingerprint density at radius 3 is 2.53 bits per heavy atom. The minimum atomic E-state index is 0.705. The first-order valence-corrected chi connectivity index (χ1v) is 7.31. The molecule has 0 aliphatic rings. The van der Waals surface area contributed by atoms with Gasteiger partial charge in [-0.05, 0) is 43.7 Å². The van der Waals surface area contributed by atoms with Crippen LogP contribution >= 0.6 is 27.5 Å². The van der Waals surface area contributed by atoms with Crippen LogP contribution in [0.15, 0.2) is 28.7 Å². The van der Waals surface area contributed by atoms with Crippen molar-refractivity contribution in [2.45, 2.75) is 19.3 Å². The first-order valence-electron chi connectivity index (χ1n) is 5.98. The standard InChI is InChI=1S/C13H19BrClNO/c14-12-4-6-13(7-5-12)17-11-10-16-9-3-1-2-8-15/h4-7,16H,1-3,8-11H2. The van der Waals surface area contributed by atoms with Crippen molar-refractivity contribution in [1.82, 2.24) is 5.32 Å². The average Bonchev–Trinajstić information content (AvgIpc) is 2.35. The van der Waals surface area contributed by atoms with Crippen molar-refractivity contribution in [3.63, 3.8) is 0 Å². The predicted octanol–water partition coefficient (Wildman–Crippen LogP) is 3.83. The van der Waals surface area contributed by atoms with Crippen LogP contribution in [0.4, 0.5) is 0 Å². The molecule has 0 fully saturated rings. The van der Waals surface area contributed by atoms with Crippen molar-refractivity contribution in [2.75, 3.05) is 25.6 Å². The van der Waals surface area contributed by atoms with E-state index in [-0.39, 0.29) is 0 Å². The van der Waals surface area contributed by atoms with E-state index in [1.807, 2.05) is 24.3 Å². The molecule has 1 aromatic carbocycles. The van der Waals surface area contributed by atoms with E-state index in [9.17, 15) is 0 Å². The van der Waals surface area contributed by atoms with Crippen LogP contribution in [0.1, 0.15) is 19.3 Å². The van der Waals surface area contributed by atoms with Crippen LogP contribution in [0.3, 0.4) is 0 Å². The molecule has 0 aliphatic heterocycles. The Bertz CT molecular complexity index is 292. The number of alkyl halides is 1. The van der Waals surface area contributed by atoms with Crippen molar-refractivity contribution in [2.24, 2.45) is 0 Å². The zero-order chi connectivity index (χ0) is 12.3. The summed E-state index contributed by atoms with van der Waals surface area (Å²) in [7, 11) is 0. The first-order chi connectivity index (χ1) is 8.33. The van der Waals surface area contributed by atoms with Crippen LogP contribution in [0, 0.1) is 0 Å². The summed E-state index contributed by atoms with van der Waals surface area (Å²) in [5.41, 5.74) is 0. The second kappa shape index (κ2) is 9.75. The number of hydrogen-bond acceptors (Lipinski definition) is 2.